The van der Waals surface area contributed by atoms with Crippen LogP contribution in [0.25, 0.3) is 0 Å². The zero-order chi connectivity index (χ0) is 16.8. The Kier molecular flexibility index (Phi) is 6.69. The van der Waals surface area contributed by atoms with Crippen LogP contribution in [0.3, 0.4) is 0 Å². The van der Waals surface area contributed by atoms with E-state index in [1.807, 2.05) is 0 Å². The van der Waals surface area contributed by atoms with Gasteiger partial charge < -0.3 is 10.2 Å². The van der Waals surface area contributed by atoms with Gasteiger partial charge in [-0.15, -0.1) is 0 Å². The predicted molar refractivity (Wildman–Crippen MR) is 90.6 cm³/mol. The Morgan fingerprint density at radius 3 is 2.78 bits per heavy atom. The number of urea groups is 1. The van der Waals surface area contributed by atoms with Crippen LogP contribution < -0.4 is 5.32 Å². The fourth-order valence-corrected chi connectivity index (χ4v) is 3.98. The van der Waals surface area contributed by atoms with E-state index in [2.05, 4.69) is 19.2 Å². The quantitative estimate of drug-likeness (QED) is 0.882. The fourth-order valence-electron chi connectivity index (χ4n) is 2.74. The monoisotopic (exact) mass is 342 g/mol. The van der Waals surface area contributed by atoms with Gasteiger partial charge in [-0.3, -0.25) is 0 Å². The van der Waals surface area contributed by atoms with Crippen LogP contribution >= 0.6 is 11.8 Å². The van der Waals surface area contributed by atoms with Gasteiger partial charge in [-0.05, 0) is 37.5 Å². The average molecular weight is 342 g/mol. The minimum absolute atomic E-state index is 0.0559. The van der Waals surface area contributed by atoms with Gasteiger partial charge in [0.2, 0.25) is 0 Å². The molecule has 0 bridgehead atoms. The summed E-state index contributed by atoms with van der Waals surface area (Å²) < 4.78 is 27.3. The highest BCUT2D eigenvalue weighted by Crippen LogP contribution is 2.36. The van der Waals surface area contributed by atoms with Crippen molar-refractivity contribution in [2.45, 2.75) is 44.4 Å². The Balaban J connectivity index is 1.99. The molecule has 1 N–H and O–H groups in total. The molecule has 0 aromatic heterocycles. The Labute approximate surface area is 140 Å². The number of rotatable bonds is 4. The zero-order valence-corrected chi connectivity index (χ0v) is 14.5. The van der Waals surface area contributed by atoms with E-state index >= 15 is 0 Å². The molecular weight excluding hydrogens is 318 g/mol. The summed E-state index contributed by atoms with van der Waals surface area (Å²) in [4.78, 5) is 14.1. The Bertz CT molecular complexity index is 537. The van der Waals surface area contributed by atoms with Gasteiger partial charge in [0, 0.05) is 35.7 Å². The van der Waals surface area contributed by atoms with Gasteiger partial charge >= 0.3 is 6.03 Å². The first-order valence-corrected chi connectivity index (χ1v) is 9.22. The zero-order valence-electron chi connectivity index (χ0n) is 13.6. The van der Waals surface area contributed by atoms with E-state index in [0.717, 1.165) is 24.7 Å². The maximum Gasteiger partial charge on any atom is 0.317 e. The first kappa shape index (κ1) is 18.0. The number of hydrogen-bond donors (Lipinski definition) is 1. The topological polar surface area (TPSA) is 32.3 Å². The summed E-state index contributed by atoms with van der Waals surface area (Å²) in [7, 11) is 0. The average Bonchev–Trinajstić information content (AvgIpc) is 2.80. The van der Waals surface area contributed by atoms with Crippen LogP contribution in [-0.4, -0.2) is 35.8 Å². The number of nitrogens with zero attached hydrogens (tertiary/aromatic N) is 1. The van der Waals surface area contributed by atoms with E-state index in [0.29, 0.717) is 25.1 Å². The molecule has 2 rings (SSSR count). The first-order chi connectivity index (χ1) is 11.0. The molecule has 1 aliphatic heterocycles. The van der Waals surface area contributed by atoms with Crippen molar-refractivity contribution in [3.63, 3.8) is 0 Å². The van der Waals surface area contributed by atoms with Crippen LogP contribution in [-0.2, 0) is 0 Å². The molecule has 1 saturated heterocycles. The van der Waals surface area contributed by atoms with E-state index in [9.17, 15) is 13.6 Å². The van der Waals surface area contributed by atoms with Gasteiger partial charge in [0.05, 0.1) is 0 Å². The van der Waals surface area contributed by atoms with Crippen molar-refractivity contribution >= 4 is 17.8 Å². The summed E-state index contributed by atoms with van der Waals surface area (Å²) >= 11 is 1.58. The van der Waals surface area contributed by atoms with Crippen molar-refractivity contribution in [3.8, 4) is 0 Å². The molecule has 0 saturated carbocycles. The van der Waals surface area contributed by atoms with Crippen LogP contribution in [0.4, 0.5) is 13.6 Å². The lowest BCUT2D eigenvalue weighted by Gasteiger charge is -2.24. The second-order valence-electron chi connectivity index (χ2n) is 5.76. The summed E-state index contributed by atoms with van der Waals surface area (Å²) in [6, 6.07) is 3.71. The van der Waals surface area contributed by atoms with E-state index in [4.69, 9.17) is 0 Å². The normalized spacial score (nSPS) is 18.8. The number of hydrogen-bond acceptors (Lipinski definition) is 2. The van der Waals surface area contributed by atoms with Gasteiger partial charge in [0.1, 0.15) is 11.6 Å². The van der Waals surface area contributed by atoms with Gasteiger partial charge in [-0.2, -0.15) is 11.8 Å². The smallest absolute Gasteiger partial charge is 0.317 e. The molecule has 23 heavy (non-hydrogen) atoms. The lowest BCUT2D eigenvalue weighted by Crippen LogP contribution is -2.45. The number of thioether (sulfide) groups is 1. The van der Waals surface area contributed by atoms with Gasteiger partial charge in [0.25, 0.3) is 0 Å². The molecule has 3 nitrogen and oxygen atoms in total. The Morgan fingerprint density at radius 2 is 2.09 bits per heavy atom. The van der Waals surface area contributed by atoms with Crippen molar-refractivity contribution in [1.29, 1.82) is 0 Å². The van der Waals surface area contributed by atoms with E-state index < -0.39 is 5.82 Å². The van der Waals surface area contributed by atoms with Crippen LogP contribution in [0, 0.1) is 11.6 Å². The third-order valence-corrected chi connectivity index (χ3v) is 5.56. The summed E-state index contributed by atoms with van der Waals surface area (Å²) in [5.74, 6) is -0.0786. The van der Waals surface area contributed by atoms with Gasteiger partial charge in [0.15, 0.2) is 0 Å². The summed E-state index contributed by atoms with van der Waals surface area (Å²) in [6.45, 7) is 5.29. The molecule has 1 unspecified atom stereocenters. The summed E-state index contributed by atoms with van der Waals surface area (Å²) in [5.41, 5.74) is 0.400. The summed E-state index contributed by atoms with van der Waals surface area (Å²) in [6.07, 6.45) is 2.44. The van der Waals surface area contributed by atoms with Crippen molar-refractivity contribution in [3.05, 3.63) is 35.4 Å². The van der Waals surface area contributed by atoms with E-state index in [1.54, 1.807) is 16.7 Å². The van der Waals surface area contributed by atoms with E-state index in [-0.39, 0.29) is 23.1 Å². The molecular formula is C17H24F2N2OS. The second kappa shape index (κ2) is 8.52. The molecule has 0 radical (unpaired) electrons. The highest BCUT2D eigenvalue weighted by atomic mass is 32.2. The SMILES string of the molecule is CCC(CC)NC(=O)N1CCSC(c2cc(F)ccc2F)CC1. The molecule has 128 valence electrons. The third kappa shape index (κ3) is 4.83. The fraction of sp³-hybridized carbons (Fsp3) is 0.588. The van der Waals surface area contributed by atoms with Crippen LogP contribution in [0.15, 0.2) is 18.2 Å². The molecule has 1 aromatic rings. The maximum atomic E-state index is 13.9. The largest absolute Gasteiger partial charge is 0.335 e. The lowest BCUT2D eigenvalue weighted by atomic mass is 10.1. The molecule has 0 aliphatic carbocycles. The molecule has 0 spiro atoms. The lowest BCUT2D eigenvalue weighted by molar-refractivity contribution is 0.196. The molecule has 1 atom stereocenters. The predicted octanol–water partition coefficient (Wildman–Crippen LogP) is 4.34. The van der Waals surface area contributed by atoms with Crippen LogP contribution in [0.2, 0.25) is 0 Å². The Hall–Kier alpha value is -1.30. The number of amides is 2. The van der Waals surface area contributed by atoms with Crippen molar-refractivity contribution in [1.82, 2.24) is 10.2 Å². The number of benzene rings is 1. The first-order valence-electron chi connectivity index (χ1n) is 8.17. The third-order valence-electron chi connectivity index (χ3n) is 4.25. The molecule has 1 heterocycles. The number of halogens is 2. The van der Waals surface area contributed by atoms with Crippen molar-refractivity contribution in [2.75, 3.05) is 18.8 Å². The maximum absolute atomic E-state index is 13.9. The minimum atomic E-state index is -0.422. The van der Waals surface area contributed by atoms with Crippen molar-refractivity contribution < 1.29 is 13.6 Å². The summed E-state index contributed by atoms with van der Waals surface area (Å²) in [5, 5.41) is 2.92. The number of nitrogens with one attached hydrogen (secondary N) is 1. The molecule has 1 fully saturated rings. The standard InChI is InChI=1S/C17H24F2N2OS/c1-3-13(4-2)20-17(22)21-8-7-16(23-10-9-21)14-11-12(18)5-6-15(14)19/h5-6,11,13,16H,3-4,7-10H2,1-2H3,(H,20,22). The number of carbonyl (C=O) groups is 1. The molecule has 2 amide bonds. The molecule has 6 heteroatoms. The van der Waals surface area contributed by atoms with Crippen LogP contribution in [0.1, 0.15) is 43.9 Å². The molecule has 1 aromatic carbocycles. The highest BCUT2D eigenvalue weighted by molar-refractivity contribution is 7.99. The highest BCUT2D eigenvalue weighted by Gasteiger charge is 2.24. The minimum Gasteiger partial charge on any atom is -0.335 e. The number of carbonyl (C=O) groups excluding carboxylic acids is 1. The second-order valence-corrected chi connectivity index (χ2v) is 7.07. The van der Waals surface area contributed by atoms with Crippen molar-refractivity contribution in [2.24, 2.45) is 0 Å². The van der Waals surface area contributed by atoms with Gasteiger partial charge in [-0.1, -0.05) is 13.8 Å². The van der Waals surface area contributed by atoms with Crippen LogP contribution in [0.5, 0.6) is 0 Å². The van der Waals surface area contributed by atoms with Gasteiger partial charge in [-0.25, -0.2) is 13.6 Å². The Morgan fingerprint density at radius 1 is 1.35 bits per heavy atom. The molecule has 1 aliphatic rings. The van der Waals surface area contributed by atoms with E-state index in [1.165, 1.54) is 12.1 Å².